The van der Waals surface area contributed by atoms with Gasteiger partial charge in [0.1, 0.15) is 0 Å². The standard InChI is InChI=1S/C39H40Cl2N2O5/c1-38(2)17-28-35(30(44)19-38)34(36-29(18-39(3,4)20-31(36)45)43(28)21-23-11-7-6-8-12-23)24-15-26(41)37(32(16-24)47-5)48-22-33(46)42-27-14-10-9-13-25(27)40/h6-16,34H,17-22H2,1-5H3,(H,42,46). The molecule has 1 amide bonds. The van der Waals surface area contributed by atoms with Gasteiger partial charge in [-0.2, -0.15) is 0 Å². The first-order chi connectivity index (χ1) is 22.8. The van der Waals surface area contributed by atoms with E-state index in [1.54, 1.807) is 36.4 Å². The lowest BCUT2D eigenvalue weighted by Gasteiger charge is -2.49. The summed E-state index contributed by atoms with van der Waals surface area (Å²) in [6.45, 7) is 8.71. The molecule has 0 aromatic heterocycles. The number of ether oxygens (including phenoxy) is 2. The van der Waals surface area contributed by atoms with Crippen LogP contribution in [0, 0.1) is 10.8 Å². The minimum absolute atomic E-state index is 0.0279. The molecule has 0 radical (unpaired) electrons. The summed E-state index contributed by atoms with van der Waals surface area (Å²) in [5, 5.41) is 3.35. The predicted molar refractivity (Wildman–Crippen MR) is 188 cm³/mol. The van der Waals surface area contributed by atoms with Crippen molar-refractivity contribution >= 4 is 46.4 Å². The number of nitrogens with one attached hydrogen (secondary N) is 1. The molecule has 0 saturated heterocycles. The number of anilines is 1. The van der Waals surface area contributed by atoms with Crippen LogP contribution >= 0.6 is 23.2 Å². The van der Waals surface area contributed by atoms with Gasteiger partial charge in [-0.15, -0.1) is 0 Å². The highest BCUT2D eigenvalue weighted by Crippen LogP contribution is 2.55. The Labute approximate surface area is 291 Å². The maximum atomic E-state index is 14.2. The van der Waals surface area contributed by atoms with Crippen LogP contribution in [-0.4, -0.2) is 36.1 Å². The van der Waals surface area contributed by atoms with Gasteiger partial charge in [-0.25, -0.2) is 0 Å². The van der Waals surface area contributed by atoms with Gasteiger partial charge in [0.2, 0.25) is 0 Å². The smallest absolute Gasteiger partial charge is 0.262 e. The number of carbonyl (C=O) groups excluding carboxylic acids is 3. The molecule has 1 aliphatic heterocycles. The van der Waals surface area contributed by atoms with Crippen molar-refractivity contribution in [3.05, 3.63) is 110 Å². The van der Waals surface area contributed by atoms with Crippen molar-refractivity contribution in [3.63, 3.8) is 0 Å². The van der Waals surface area contributed by atoms with Crippen molar-refractivity contribution < 1.29 is 23.9 Å². The van der Waals surface area contributed by atoms with Gasteiger partial charge in [-0.05, 0) is 59.1 Å². The van der Waals surface area contributed by atoms with Gasteiger partial charge < -0.3 is 19.7 Å². The molecule has 3 aromatic carbocycles. The van der Waals surface area contributed by atoms with Crippen LogP contribution in [0.1, 0.15) is 70.4 Å². The molecule has 250 valence electrons. The fourth-order valence-corrected chi connectivity index (χ4v) is 7.73. The molecule has 2 aliphatic carbocycles. The van der Waals surface area contributed by atoms with Crippen LogP contribution < -0.4 is 14.8 Å². The topological polar surface area (TPSA) is 84.9 Å². The number of nitrogens with zero attached hydrogens (tertiary/aromatic N) is 1. The molecule has 3 aromatic rings. The van der Waals surface area contributed by atoms with Crippen LogP contribution in [-0.2, 0) is 20.9 Å². The summed E-state index contributed by atoms with van der Waals surface area (Å²) in [4.78, 5) is 43.5. The second kappa shape index (κ2) is 13.1. The lowest BCUT2D eigenvalue weighted by Crippen LogP contribution is -2.44. The van der Waals surface area contributed by atoms with E-state index in [4.69, 9.17) is 32.7 Å². The second-order valence-corrected chi connectivity index (χ2v) is 15.3. The van der Waals surface area contributed by atoms with Crippen LogP contribution in [0.2, 0.25) is 10.0 Å². The first kappa shape index (κ1) is 33.8. The zero-order chi connectivity index (χ0) is 34.4. The number of amides is 1. The quantitative estimate of drug-likeness (QED) is 0.255. The van der Waals surface area contributed by atoms with Crippen LogP contribution in [0.15, 0.2) is 89.3 Å². The number of rotatable bonds is 8. The molecule has 6 rings (SSSR count). The molecule has 48 heavy (non-hydrogen) atoms. The van der Waals surface area contributed by atoms with E-state index in [0.717, 1.165) is 17.0 Å². The van der Waals surface area contributed by atoms with Crippen molar-refractivity contribution in [2.24, 2.45) is 10.8 Å². The van der Waals surface area contributed by atoms with Crippen LogP contribution in [0.25, 0.3) is 0 Å². The molecule has 0 spiro atoms. The normalized spacial score (nSPS) is 18.8. The Kier molecular flexibility index (Phi) is 9.22. The summed E-state index contributed by atoms with van der Waals surface area (Å²) in [5.74, 6) is -0.495. The van der Waals surface area contributed by atoms with Gasteiger partial charge in [0.15, 0.2) is 29.7 Å². The van der Waals surface area contributed by atoms with Gasteiger partial charge in [0.25, 0.3) is 5.91 Å². The number of para-hydroxylation sites is 1. The van der Waals surface area contributed by atoms with Crippen LogP contribution in [0.4, 0.5) is 5.69 Å². The molecule has 1 N–H and O–H groups in total. The van der Waals surface area contributed by atoms with E-state index in [-0.39, 0.29) is 39.8 Å². The molecule has 0 fully saturated rings. The Morgan fingerprint density at radius 1 is 0.833 bits per heavy atom. The number of halogens is 2. The highest BCUT2D eigenvalue weighted by molar-refractivity contribution is 6.33. The number of benzene rings is 3. The Bertz CT molecular complexity index is 1810. The number of methoxy groups -OCH3 is 1. The summed E-state index contributed by atoms with van der Waals surface area (Å²) < 4.78 is 11.6. The fourth-order valence-electron chi connectivity index (χ4n) is 7.27. The molecule has 3 aliphatic rings. The molecule has 0 unspecified atom stereocenters. The van der Waals surface area contributed by atoms with Crippen molar-refractivity contribution in [2.75, 3.05) is 19.0 Å². The van der Waals surface area contributed by atoms with Gasteiger partial charge >= 0.3 is 0 Å². The largest absolute Gasteiger partial charge is 0.493 e. The van der Waals surface area contributed by atoms with Gasteiger partial charge in [-0.1, -0.05) is 93.4 Å². The first-order valence-electron chi connectivity index (χ1n) is 16.2. The van der Waals surface area contributed by atoms with Gasteiger partial charge in [0.05, 0.1) is 22.8 Å². The number of carbonyl (C=O) groups is 3. The molecule has 1 heterocycles. The molecular weight excluding hydrogens is 647 g/mol. The van der Waals surface area contributed by atoms with Crippen molar-refractivity contribution in [1.29, 1.82) is 0 Å². The Morgan fingerprint density at radius 2 is 1.42 bits per heavy atom. The molecule has 0 saturated carbocycles. The Hall–Kier alpha value is -4.07. The molecule has 0 atom stereocenters. The summed E-state index contributed by atoms with van der Waals surface area (Å²) in [7, 11) is 1.49. The monoisotopic (exact) mass is 686 g/mol. The second-order valence-electron chi connectivity index (χ2n) is 14.5. The zero-order valence-corrected chi connectivity index (χ0v) is 29.4. The Morgan fingerprint density at radius 3 is 2.00 bits per heavy atom. The maximum Gasteiger partial charge on any atom is 0.262 e. The molecule has 7 nitrogen and oxygen atoms in total. The van der Waals surface area contributed by atoms with E-state index < -0.39 is 11.8 Å². The highest BCUT2D eigenvalue weighted by Gasteiger charge is 2.49. The molecule has 9 heteroatoms. The van der Waals surface area contributed by atoms with Crippen molar-refractivity contribution in [2.45, 2.75) is 65.8 Å². The lowest BCUT2D eigenvalue weighted by molar-refractivity contribution is -0.120. The first-order valence-corrected chi connectivity index (χ1v) is 16.9. The number of hydrogen-bond donors (Lipinski definition) is 1. The van der Waals surface area contributed by atoms with Crippen molar-refractivity contribution in [3.8, 4) is 11.5 Å². The van der Waals surface area contributed by atoms with E-state index >= 15 is 0 Å². The van der Waals surface area contributed by atoms with Crippen molar-refractivity contribution in [1.82, 2.24) is 4.90 Å². The number of Topliss-reactive ketones (excluding diaryl/α,β-unsaturated/α-hetero) is 2. The summed E-state index contributed by atoms with van der Waals surface area (Å²) in [5.41, 5.74) is 4.94. The summed E-state index contributed by atoms with van der Waals surface area (Å²) in [6.07, 6.45) is 2.12. The minimum atomic E-state index is -0.613. The third-order valence-electron chi connectivity index (χ3n) is 9.29. The van der Waals surface area contributed by atoms with E-state index in [0.29, 0.717) is 65.4 Å². The van der Waals surface area contributed by atoms with Gasteiger partial charge in [0, 0.05) is 47.8 Å². The van der Waals surface area contributed by atoms with Crippen LogP contribution in [0.3, 0.4) is 0 Å². The predicted octanol–water partition coefficient (Wildman–Crippen LogP) is 8.91. The third-order valence-corrected chi connectivity index (χ3v) is 9.90. The minimum Gasteiger partial charge on any atom is -0.493 e. The molecule has 0 bridgehead atoms. The average molecular weight is 688 g/mol. The molecular formula is C39H40Cl2N2O5. The number of hydrogen-bond acceptors (Lipinski definition) is 6. The fraction of sp³-hybridized carbons (Fsp3) is 0.359. The summed E-state index contributed by atoms with van der Waals surface area (Å²) >= 11 is 13.1. The Balaban J connectivity index is 1.43. The van der Waals surface area contributed by atoms with Crippen LogP contribution in [0.5, 0.6) is 11.5 Å². The SMILES string of the molecule is COc1cc(C2C3=C(CC(C)(C)CC3=O)N(Cc3ccccc3)C3=C2C(=O)CC(C)(C)C3)cc(Cl)c1OCC(=O)Nc1ccccc1Cl. The van der Waals surface area contributed by atoms with E-state index in [1.807, 2.05) is 18.2 Å². The number of ketones is 2. The zero-order valence-electron chi connectivity index (χ0n) is 27.9. The number of allylic oxidation sites excluding steroid dienone is 4. The lowest BCUT2D eigenvalue weighted by atomic mass is 9.63. The van der Waals surface area contributed by atoms with E-state index in [9.17, 15) is 14.4 Å². The summed E-state index contributed by atoms with van der Waals surface area (Å²) in [6, 6.07) is 20.6. The average Bonchev–Trinajstić information content (AvgIpc) is 3.01. The third kappa shape index (κ3) is 6.76. The maximum absolute atomic E-state index is 14.2. The van der Waals surface area contributed by atoms with E-state index in [1.165, 1.54) is 7.11 Å². The highest BCUT2D eigenvalue weighted by atomic mass is 35.5. The van der Waals surface area contributed by atoms with Gasteiger partial charge in [-0.3, -0.25) is 14.4 Å². The van der Waals surface area contributed by atoms with E-state index in [2.05, 4.69) is 50.0 Å².